The normalized spacial score (nSPS) is 21.2. The molecule has 2 amide bonds. The summed E-state index contributed by atoms with van der Waals surface area (Å²) in [4.78, 5) is 36.5. The van der Waals surface area contributed by atoms with Gasteiger partial charge in [0.15, 0.2) is 18.3 Å². The van der Waals surface area contributed by atoms with E-state index in [9.17, 15) is 14.4 Å². The zero-order valence-corrected chi connectivity index (χ0v) is 30.5. The summed E-state index contributed by atoms with van der Waals surface area (Å²) in [6.45, 7) is 11.6. The Hall–Kier alpha value is -3.88. The number of amides is 2. The number of carbonyl (C=O) groups is 3. The van der Waals surface area contributed by atoms with E-state index in [-0.39, 0.29) is 49.6 Å². The molecule has 1 aromatic rings. The Labute approximate surface area is 298 Å². The number of ether oxygens (including phenoxy) is 6. The van der Waals surface area contributed by atoms with Gasteiger partial charge in [-0.2, -0.15) is 0 Å². The van der Waals surface area contributed by atoms with Gasteiger partial charge in [0.2, 0.25) is 5.91 Å². The largest absolute Gasteiger partial charge is 0.481 e. The van der Waals surface area contributed by atoms with E-state index in [1.165, 1.54) is 32.1 Å². The van der Waals surface area contributed by atoms with Crippen molar-refractivity contribution in [3.63, 3.8) is 0 Å². The number of aliphatic carboxylic acids is 1. The smallest absolute Gasteiger partial charge is 0.412 e. The van der Waals surface area contributed by atoms with Crippen LogP contribution in [0, 0.1) is 5.92 Å². The van der Waals surface area contributed by atoms with Crippen LogP contribution in [0.25, 0.3) is 0 Å². The number of carbonyl (C=O) groups excluding carboxylic acids is 2. The molecular formula is C37H50N2O10S. The molecule has 0 aromatic heterocycles. The lowest BCUT2D eigenvalue weighted by Gasteiger charge is -2.45. The highest BCUT2D eigenvalue weighted by Crippen LogP contribution is 2.45. The number of anilines is 2. The predicted molar refractivity (Wildman–Crippen MR) is 194 cm³/mol. The van der Waals surface area contributed by atoms with E-state index >= 15 is 0 Å². The highest BCUT2D eigenvalue weighted by atomic mass is 32.2. The zero-order chi connectivity index (χ0) is 36.7. The molecule has 274 valence electrons. The first kappa shape index (κ1) is 40.5. The van der Waals surface area contributed by atoms with Crippen molar-refractivity contribution in [3.05, 3.63) is 72.4 Å². The molecule has 12 nitrogen and oxygen atoms in total. The van der Waals surface area contributed by atoms with Crippen LogP contribution in [0.2, 0.25) is 0 Å². The number of rotatable bonds is 18. The molecule has 13 heteroatoms. The molecule has 3 N–H and O–H groups in total. The molecule has 0 bridgehead atoms. The Morgan fingerprint density at radius 1 is 1.22 bits per heavy atom. The average molecular weight is 715 g/mol. The van der Waals surface area contributed by atoms with Crippen molar-refractivity contribution < 1.29 is 47.9 Å². The first-order valence-electron chi connectivity index (χ1n) is 16.4. The minimum Gasteiger partial charge on any atom is -0.481 e. The minimum absolute atomic E-state index is 0.0388. The number of hydrogen-bond acceptors (Lipinski definition) is 10. The number of nitrogens with one attached hydrogen (secondary N) is 2. The van der Waals surface area contributed by atoms with Crippen molar-refractivity contribution >= 4 is 41.1 Å². The van der Waals surface area contributed by atoms with Crippen molar-refractivity contribution in [3.8, 4) is 5.75 Å². The summed E-state index contributed by atoms with van der Waals surface area (Å²) in [5.41, 5.74) is 2.85. The van der Waals surface area contributed by atoms with Gasteiger partial charge in [0.05, 0.1) is 41.9 Å². The van der Waals surface area contributed by atoms with Crippen molar-refractivity contribution in [2.75, 3.05) is 44.0 Å². The topological polar surface area (TPSA) is 151 Å². The molecule has 4 atom stereocenters. The third kappa shape index (κ3) is 12.5. The molecule has 2 aliphatic rings. The number of benzene rings is 1. The van der Waals surface area contributed by atoms with Crippen LogP contribution in [0.5, 0.6) is 5.75 Å². The standard InChI is InChI=1S/C37H50N2O10S/c1-8-19-46-36(43)39-28-21-29-35(50-22-31(40)38-29)27(34(28)47-23-44-6)17-14-15-24(2)33-25(3)30(48-37(4,5)49-33)18-13-11-9-10-12-16-26(45-7)20-32(41)42/h8-13,15-16,21,25-26,30,33H,1,14,17-20,22-23H2,2-7H3,(H,38,40)(H,39,43)(H,41,42)/b10-9+,13-11+,16-12+,24-15-/t25-,26-,30-,33-/m0/s1. The van der Waals surface area contributed by atoms with E-state index in [1.807, 2.05) is 38.2 Å². The maximum atomic E-state index is 12.5. The van der Waals surface area contributed by atoms with Crippen LogP contribution in [0.1, 0.15) is 52.5 Å². The first-order chi connectivity index (χ1) is 23.9. The van der Waals surface area contributed by atoms with Gasteiger partial charge in [0.25, 0.3) is 0 Å². The van der Waals surface area contributed by atoms with Crippen molar-refractivity contribution in [2.24, 2.45) is 5.92 Å². The van der Waals surface area contributed by atoms with Crippen LogP contribution < -0.4 is 15.4 Å². The first-order valence-corrected chi connectivity index (χ1v) is 17.4. The summed E-state index contributed by atoms with van der Waals surface area (Å²) in [6.07, 6.45) is 15.1. The molecule has 50 heavy (non-hydrogen) atoms. The summed E-state index contributed by atoms with van der Waals surface area (Å²) >= 11 is 1.42. The number of carboxylic acids is 1. The van der Waals surface area contributed by atoms with E-state index < -0.39 is 24.0 Å². The summed E-state index contributed by atoms with van der Waals surface area (Å²) in [5.74, 6) is -1.08. The fraction of sp³-hybridized carbons (Fsp3) is 0.486. The Morgan fingerprint density at radius 2 is 1.98 bits per heavy atom. The minimum atomic E-state index is -0.916. The predicted octanol–water partition coefficient (Wildman–Crippen LogP) is 7.03. The lowest BCUT2D eigenvalue weighted by Crippen LogP contribution is -2.50. The third-order valence-electron chi connectivity index (χ3n) is 7.90. The van der Waals surface area contributed by atoms with E-state index in [2.05, 4.69) is 37.1 Å². The van der Waals surface area contributed by atoms with Gasteiger partial charge in [-0.05, 0) is 51.7 Å². The van der Waals surface area contributed by atoms with Gasteiger partial charge in [-0.15, -0.1) is 11.8 Å². The van der Waals surface area contributed by atoms with Gasteiger partial charge in [-0.25, -0.2) is 4.79 Å². The molecule has 1 fully saturated rings. The van der Waals surface area contributed by atoms with E-state index in [0.29, 0.717) is 36.4 Å². The van der Waals surface area contributed by atoms with Crippen LogP contribution >= 0.6 is 11.8 Å². The summed E-state index contributed by atoms with van der Waals surface area (Å²) in [6, 6.07) is 1.67. The van der Waals surface area contributed by atoms with Crippen LogP contribution in [-0.4, -0.2) is 80.5 Å². The number of thioether (sulfide) groups is 1. The monoisotopic (exact) mass is 714 g/mol. The maximum absolute atomic E-state index is 12.5. The summed E-state index contributed by atoms with van der Waals surface area (Å²) in [5, 5.41) is 14.6. The highest BCUT2D eigenvalue weighted by molar-refractivity contribution is 8.00. The molecule has 0 saturated carbocycles. The van der Waals surface area contributed by atoms with E-state index in [0.717, 1.165) is 16.0 Å². The second-order valence-corrected chi connectivity index (χ2v) is 13.2. The SMILES string of the molecule is C=CCOC(=O)Nc1cc2c(c(CC/C=C(/C)[C@@H]3OC(C)(C)O[C@@H](C/C=C/C=C/C=C/[C@@H](CC(=O)O)OC)[C@@H]3C)c1OCOC)SCC(=O)N2. The summed E-state index contributed by atoms with van der Waals surface area (Å²) in [7, 11) is 3.00. The molecule has 0 unspecified atom stereocenters. The van der Waals surface area contributed by atoms with Crippen LogP contribution in [-0.2, 0) is 39.7 Å². The molecule has 1 aromatic carbocycles. The van der Waals surface area contributed by atoms with E-state index in [1.54, 1.807) is 18.2 Å². The Bertz CT molecular complexity index is 1470. The second-order valence-electron chi connectivity index (χ2n) is 12.3. The molecule has 2 aliphatic heterocycles. The fourth-order valence-corrected chi connectivity index (χ4v) is 6.60. The van der Waals surface area contributed by atoms with Gasteiger partial charge >= 0.3 is 12.1 Å². The Balaban J connectivity index is 1.76. The molecule has 0 aliphatic carbocycles. The molecule has 2 heterocycles. The lowest BCUT2D eigenvalue weighted by atomic mass is 9.88. The van der Waals surface area contributed by atoms with Crippen molar-refractivity contribution in [1.29, 1.82) is 0 Å². The van der Waals surface area contributed by atoms with Crippen molar-refractivity contribution in [1.82, 2.24) is 0 Å². The highest BCUT2D eigenvalue weighted by Gasteiger charge is 2.41. The van der Waals surface area contributed by atoms with Crippen molar-refractivity contribution in [2.45, 2.75) is 82.4 Å². The molecule has 0 radical (unpaired) electrons. The number of fused-ring (bicyclic) bond motifs is 1. The number of allylic oxidation sites excluding steroid dienone is 5. The summed E-state index contributed by atoms with van der Waals surface area (Å²) < 4.78 is 34.2. The number of carboxylic acid groups (broad SMARTS) is 1. The fourth-order valence-electron chi connectivity index (χ4n) is 5.62. The van der Waals surface area contributed by atoms with Gasteiger partial charge in [0.1, 0.15) is 6.61 Å². The van der Waals surface area contributed by atoms with Gasteiger partial charge in [-0.1, -0.05) is 62.1 Å². The van der Waals surface area contributed by atoms with Gasteiger partial charge in [0, 0.05) is 30.6 Å². The zero-order valence-electron chi connectivity index (χ0n) is 29.7. The van der Waals surface area contributed by atoms with Gasteiger partial charge < -0.3 is 38.8 Å². The van der Waals surface area contributed by atoms with Crippen LogP contribution in [0.15, 0.2) is 71.7 Å². The molecule has 3 rings (SSSR count). The van der Waals surface area contributed by atoms with E-state index in [4.69, 9.17) is 33.5 Å². The molecular weight excluding hydrogens is 664 g/mol. The number of methoxy groups -OCH3 is 2. The van der Waals surface area contributed by atoms with Crippen LogP contribution in [0.3, 0.4) is 0 Å². The Morgan fingerprint density at radius 3 is 2.68 bits per heavy atom. The lowest BCUT2D eigenvalue weighted by molar-refractivity contribution is -0.310. The number of hydrogen-bond donors (Lipinski definition) is 3. The average Bonchev–Trinajstić information content (AvgIpc) is 3.06. The second kappa shape index (κ2) is 20.1. The quantitative estimate of drug-likeness (QED) is 0.0817. The molecule has 0 spiro atoms. The Kier molecular flexibility index (Phi) is 16.3. The van der Waals surface area contributed by atoms with Crippen LogP contribution in [0.4, 0.5) is 16.2 Å². The molecule has 1 saturated heterocycles. The van der Waals surface area contributed by atoms with Gasteiger partial charge in [-0.3, -0.25) is 14.9 Å². The maximum Gasteiger partial charge on any atom is 0.412 e. The third-order valence-corrected chi connectivity index (χ3v) is 9.06.